The molecule has 3 atom stereocenters. The second-order valence-electron chi connectivity index (χ2n) is 3.91. The first-order chi connectivity index (χ1) is 4.90. The predicted molar refractivity (Wildman–Crippen MR) is 38.4 cm³/mol. The molecule has 2 aliphatic heterocycles. The molecule has 4 rings (SSSR count). The summed E-state index contributed by atoms with van der Waals surface area (Å²) in [6.45, 7) is 0. The highest BCUT2D eigenvalue weighted by Gasteiger charge is 2.38. The summed E-state index contributed by atoms with van der Waals surface area (Å²) in [5.41, 5.74) is 0. The van der Waals surface area contributed by atoms with Crippen LogP contribution in [0.15, 0.2) is 11.8 Å². The van der Waals surface area contributed by atoms with Gasteiger partial charge in [-0.3, -0.25) is 0 Å². The fourth-order valence-corrected chi connectivity index (χ4v) is 2.74. The van der Waals surface area contributed by atoms with Gasteiger partial charge in [0.1, 0.15) is 0 Å². The molecule has 0 aromatic heterocycles. The van der Waals surface area contributed by atoms with Crippen molar-refractivity contribution in [3.8, 4) is 0 Å². The van der Waals surface area contributed by atoms with Crippen molar-refractivity contribution >= 4 is 0 Å². The van der Waals surface area contributed by atoms with E-state index in [1.807, 2.05) is 0 Å². The molecule has 0 aromatic carbocycles. The summed E-state index contributed by atoms with van der Waals surface area (Å²) in [4.78, 5) is 0. The van der Waals surface area contributed by atoms with Crippen molar-refractivity contribution in [2.45, 2.75) is 31.8 Å². The molecular formula is C9H12O. The molecule has 2 fully saturated rings. The Morgan fingerprint density at radius 2 is 2.30 bits per heavy atom. The van der Waals surface area contributed by atoms with Crippen LogP contribution in [-0.2, 0) is 4.74 Å². The van der Waals surface area contributed by atoms with Crippen LogP contribution in [0.5, 0.6) is 0 Å². The van der Waals surface area contributed by atoms with Crippen molar-refractivity contribution in [1.29, 1.82) is 0 Å². The van der Waals surface area contributed by atoms with Crippen LogP contribution in [0.3, 0.4) is 0 Å². The minimum Gasteiger partial charge on any atom is -0.495 e. The van der Waals surface area contributed by atoms with Gasteiger partial charge < -0.3 is 4.74 Å². The number of hydrogen-bond acceptors (Lipinski definition) is 1. The molecule has 1 nitrogen and oxygen atoms in total. The zero-order valence-electron chi connectivity index (χ0n) is 6.05. The summed E-state index contributed by atoms with van der Waals surface area (Å²) < 4.78 is 5.68. The lowest BCUT2D eigenvalue weighted by Crippen LogP contribution is -2.36. The van der Waals surface area contributed by atoms with E-state index in [2.05, 4.69) is 6.08 Å². The molecule has 0 aromatic rings. The second-order valence-corrected chi connectivity index (χ2v) is 3.91. The number of allylic oxidation sites excluding steroid dienone is 2. The third-order valence-electron chi connectivity index (χ3n) is 3.03. The van der Waals surface area contributed by atoms with Gasteiger partial charge in [-0.2, -0.15) is 0 Å². The minimum absolute atomic E-state index is 0.609. The van der Waals surface area contributed by atoms with Crippen molar-refractivity contribution in [2.24, 2.45) is 11.8 Å². The maximum absolute atomic E-state index is 5.68. The van der Waals surface area contributed by atoms with E-state index >= 15 is 0 Å². The number of rotatable bonds is 0. The molecule has 4 aliphatic rings. The van der Waals surface area contributed by atoms with Crippen LogP contribution in [0, 0.1) is 11.8 Å². The van der Waals surface area contributed by atoms with Gasteiger partial charge in [0, 0.05) is 6.42 Å². The topological polar surface area (TPSA) is 9.23 Å². The van der Waals surface area contributed by atoms with E-state index in [9.17, 15) is 0 Å². The molecule has 1 saturated heterocycles. The van der Waals surface area contributed by atoms with Crippen molar-refractivity contribution in [3.63, 3.8) is 0 Å². The van der Waals surface area contributed by atoms with Crippen LogP contribution >= 0.6 is 0 Å². The first kappa shape index (κ1) is 5.22. The average Bonchev–Trinajstić information content (AvgIpc) is 1.82. The lowest BCUT2D eigenvalue weighted by atomic mass is 9.72. The number of ether oxygens (including phenoxy) is 1. The Labute approximate surface area is 61.1 Å². The normalized spacial score (nSPS) is 48.8. The molecular weight excluding hydrogens is 124 g/mol. The summed E-state index contributed by atoms with van der Waals surface area (Å²) >= 11 is 0. The maximum Gasteiger partial charge on any atom is 0.0990 e. The van der Waals surface area contributed by atoms with Gasteiger partial charge in [0.25, 0.3) is 0 Å². The molecule has 4 bridgehead atoms. The van der Waals surface area contributed by atoms with Crippen molar-refractivity contribution in [3.05, 3.63) is 11.8 Å². The first-order valence-electron chi connectivity index (χ1n) is 4.27. The zero-order valence-corrected chi connectivity index (χ0v) is 6.05. The Balaban J connectivity index is 2.04. The minimum atomic E-state index is 0.609. The summed E-state index contributed by atoms with van der Waals surface area (Å²) in [5.74, 6) is 3.18. The highest BCUT2D eigenvalue weighted by atomic mass is 16.5. The Kier molecular flexibility index (Phi) is 0.825. The van der Waals surface area contributed by atoms with E-state index in [0.29, 0.717) is 6.10 Å². The summed E-state index contributed by atoms with van der Waals surface area (Å²) in [6, 6.07) is 0. The predicted octanol–water partition coefficient (Wildman–Crippen LogP) is 2.09. The molecule has 2 heterocycles. The summed E-state index contributed by atoms with van der Waals surface area (Å²) in [7, 11) is 0. The van der Waals surface area contributed by atoms with Crippen LogP contribution in [0.1, 0.15) is 25.7 Å². The van der Waals surface area contributed by atoms with Crippen molar-refractivity contribution in [2.75, 3.05) is 0 Å². The fourth-order valence-electron chi connectivity index (χ4n) is 2.74. The lowest BCUT2D eigenvalue weighted by Gasteiger charge is -2.44. The van der Waals surface area contributed by atoms with Gasteiger partial charge in [0.15, 0.2) is 0 Å². The standard InChI is InChI=1S/C9H12O/c1-6-2-8-4-7(1)5-9(3-6)10-8/h2,6-7,9H,1,3-5H2. The van der Waals surface area contributed by atoms with Gasteiger partial charge in [-0.15, -0.1) is 0 Å². The van der Waals surface area contributed by atoms with Crippen molar-refractivity contribution in [1.82, 2.24) is 0 Å². The van der Waals surface area contributed by atoms with E-state index in [1.165, 1.54) is 31.4 Å². The van der Waals surface area contributed by atoms with Crippen molar-refractivity contribution < 1.29 is 4.74 Å². The maximum atomic E-state index is 5.68. The molecule has 0 amide bonds. The Bertz CT molecular complexity index is 179. The van der Waals surface area contributed by atoms with Gasteiger partial charge in [0.05, 0.1) is 11.9 Å². The molecule has 1 saturated carbocycles. The van der Waals surface area contributed by atoms with Crippen LogP contribution in [0.25, 0.3) is 0 Å². The highest BCUT2D eigenvalue weighted by Crippen LogP contribution is 2.45. The largest absolute Gasteiger partial charge is 0.495 e. The average molecular weight is 136 g/mol. The van der Waals surface area contributed by atoms with Gasteiger partial charge in [-0.05, 0) is 37.2 Å². The van der Waals surface area contributed by atoms with Gasteiger partial charge >= 0.3 is 0 Å². The zero-order chi connectivity index (χ0) is 6.55. The lowest BCUT2D eigenvalue weighted by molar-refractivity contribution is -0.0199. The molecule has 0 N–H and O–H groups in total. The SMILES string of the molecule is C1=C2CC3CC1CC(C3)O2. The van der Waals surface area contributed by atoms with Gasteiger partial charge in [0.2, 0.25) is 0 Å². The molecule has 2 aliphatic carbocycles. The fraction of sp³-hybridized carbons (Fsp3) is 0.778. The van der Waals surface area contributed by atoms with E-state index < -0.39 is 0 Å². The summed E-state index contributed by atoms with van der Waals surface area (Å²) in [6.07, 6.45) is 8.30. The van der Waals surface area contributed by atoms with Crippen LogP contribution in [0.2, 0.25) is 0 Å². The summed E-state index contributed by atoms with van der Waals surface area (Å²) in [5, 5.41) is 0. The molecule has 54 valence electrons. The van der Waals surface area contributed by atoms with E-state index in [1.54, 1.807) is 0 Å². The third-order valence-corrected chi connectivity index (χ3v) is 3.03. The third kappa shape index (κ3) is 0.582. The quantitative estimate of drug-likeness (QED) is 0.495. The number of hydrogen-bond donors (Lipinski definition) is 0. The molecule has 0 radical (unpaired) electrons. The molecule has 10 heavy (non-hydrogen) atoms. The highest BCUT2D eigenvalue weighted by molar-refractivity contribution is 5.11. The molecule has 3 unspecified atom stereocenters. The Morgan fingerprint density at radius 3 is 3.00 bits per heavy atom. The molecule has 1 heteroatoms. The molecule has 0 spiro atoms. The van der Waals surface area contributed by atoms with E-state index in [0.717, 1.165) is 11.8 Å². The van der Waals surface area contributed by atoms with E-state index in [4.69, 9.17) is 4.74 Å². The van der Waals surface area contributed by atoms with Crippen LogP contribution in [-0.4, -0.2) is 6.10 Å². The second kappa shape index (κ2) is 1.58. The smallest absolute Gasteiger partial charge is 0.0990 e. The van der Waals surface area contributed by atoms with Crippen LogP contribution in [0.4, 0.5) is 0 Å². The van der Waals surface area contributed by atoms with Gasteiger partial charge in [-0.1, -0.05) is 0 Å². The van der Waals surface area contributed by atoms with Gasteiger partial charge in [-0.25, -0.2) is 0 Å². The van der Waals surface area contributed by atoms with E-state index in [-0.39, 0.29) is 0 Å². The monoisotopic (exact) mass is 136 g/mol. The Hall–Kier alpha value is -0.460. The van der Waals surface area contributed by atoms with Crippen LogP contribution < -0.4 is 0 Å². The Morgan fingerprint density at radius 1 is 1.30 bits per heavy atom. The first-order valence-corrected chi connectivity index (χ1v) is 4.27.